The smallest absolute Gasteiger partial charge is 0.417 e. The predicted octanol–water partition coefficient (Wildman–Crippen LogP) is 7.05. The molecule has 0 unspecified atom stereocenters. The summed E-state index contributed by atoms with van der Waals surface area (Å²) in [6, 6.07) is 6.37. The Bertz CT molecular complexity index is 1160. The van der Waals surface area contributed by atoms with E-state index in [1.54, 1.807) is 0 Å². The number of hydrogen-bond acceptors (Lipinski definition) is 6. The Kier molecular flexibility index (Phi) is 12.7. The zero-order chi connectivity index (χ0) is 30.8. The molecule has 3 saturated carbocycles. The lowest BCUT2D eigenvalue weighted by Gasteiger charge is -2.30. The summed E-state index contributed by atoms with van der Waals surface area (Å²) in [5.41, 5.74) is -1.34. The molecule has 0 heterocycles. The Morgan fingerprint density at radius 1 is 1.07 bits per heavy atom. The van der Waals surface area contributed by atoms with Crippen molar-refractivity contribution in [2.24, 2.45) is 5.92 Å². The van der Waals surface area contributed by atoms with Gasteiger partial charge in [-0.25, -0.2) is 8.42 Å². The van der Waals surface area contributed by atoms with Crippen LogP contribution in [0.4, 0.5) is 13.2 Å². The van der Waals surface area contributed by atoms with Gasteiger partial charge in [-0.05, 0) is 70.0 Å². The summed E-state index contributed by atoms with van der Waals surface area (Å²) in [4.78, 5) is 10.7. The third-order valence-corrected chi connectivity index (χ3v) is 10.8. The summed E-state index contributed by atoms with van der Waals surface area (Å²) in [6.45, 7) is 3.29. The van der Waals surface area contributed by atoms with Gasteiger partial charge in [-0.15, -0.1) is 0 Å². The summed E-state index contributed by atoms with van der Waals surface area (Å²) in [5, 5.41) is 20.4. The van der Waals surface area contributed by atoms with Crippen molar-refractivity contribution in [2.75, 3.05) is 6.54 Å². The van der Waals surface area contributed by atoms with E-state index in [9.17, 15) is 31.5 Å². The lowest BCUT2D eigenvalue weighted by molar-refractivity contribution is -0.149. The predicted molar refractivity (Wildman–Crippen MR) is 153 cm³/mol. The number of nitriles is 1. The maximum Gasteiger partial charge on any atom is 0.417 e. The number of aliphatic carboxylic acids is 1. The van der Waals surface area contributed by atoms with Crippen LogP contribution in [0.3, 0.4) is 0 Å². The summed E-state index contributed by atoms with van der Waals surface area (Å²) in [7, 11) is -4.34. The van der Waals surface area contributed by atoms with E-state index in [1.165, 1.54) is 57.4 Å². The van der Waals surface area contributed by atoms with Crippen LogP contribution in [0.15, 0.2) is 29.2 Å². The molecule has 0 radical (unpaired) electrons. The first-order valence-electron chi connectivity index (χ1n) is 15.4. The number of alkyl halides is 3. The van der Waals surface area contributed by atoms with E-state index >= 15 is 0 Å². The number of ether oxygens (including phenoxy) is 1. The molecular formula is C31H45F3N2O5S. The first kappa shape index (κ1) is 34.3. The van der Waals surface area contributed by atoms with Gasteiger partial charge in [0.05, 0.1) is 39.9 Å². The second kappa shape index (κ2) is 15.5. The largest absolute Gasteiger partial charge is 0.481 e. The standard InChI is InChI=1S/C17H19F3O5S.C14H26N2/c18-17(19,20)13-6-1-2-7-15(13)26(23,24)11-8-12(16(21)22)14(9-11)25-10-4-3-5-10;1-2-3-4-5-6-7-8-9-12-16-14(13-15)10-11-14/h1-2,6-7,10-12,14H,3-5,8-9H2,(H,21,22);16H,2-12H2,1H3/t11-,12-,14-;/m1./s1. The van der Waals surface area contributed by atoms with Crippen molar-refractivity contribution >= 4 is 15.8 Å². The number of carboxylic acid groups (broad SMARTS) is 1. The third kappa shape index (κ3) is 9.68. The number of sulfone groups is 1. The molecule has 0 saturated heterocycles. The minimum absolute atomic E-state index is 0.0919. The number of carboxylic acids is 1. The topological polar surface area (TPSA) is 116 Å². The average Bonchev–Trinajstić information content (AvgIpc) is 3.57. The van der Waals surface area contributed by atoms with Crippen LogP contribution in [-0.4, -0.2) is 49.0 Å². The zero-order valence-electron chi connectivity index (χ0n) is 24.5. The van der Waals surface area contributed by atoms with E-state index in [4.69, 9.17) is 10.00 Å². The zero-order valence-corrected chi connectivity index (χ0v) is 25.3. The highest BCUT2D eigenvalue weighted by molar-refractivity contribution is 7.92. The van der Waals surface area contributed by atoms with Crippen molar-refractivity contribution in [1.82, 2.24) is 5.32 Å². The van der Waals surface area contributed by atoms with E-state index < -0.39 is 49.7 Å². The van der Waals surface area contributed by atoms with Crippen LogP contribution in [0.5, 0.6) is 0 Å². The number of hydrogen-bond donors (Lipinski definition) is 2. The molecule has 11 heteroatoms. The summed E-state index contributed by atoms with van der Waals surface area (Å²) >= 11 is 0. The van der Waals surface area contributed by atoms with Crippen LogP contribution in [0.2, 0.25) is 0 Å². The molecule has 236 valence electrons. The molecule has 1 aromatic carbocycles. The van der Waals surface area contributed by atoms with Crippen molar-refractivity contribution < 1.29 is 36.2 Å². The highest BCUT2D eigenvalue weighted by atomic mass is 32.2. The minimum atomic E-state index is -4.81. The van der Waals surface area contributed by atoms with Gasteiger partial charge in [0.25, 0.3) is 0 Å². The average molecular weight is 615 g/mol. The van der Waals surface area contributed by atoms with E-state index in [0.29, 0.717) is 0 Å². The van der Waals surface area contributed by atoms with Gasteiger partial charge in [0.1, 0.15) is 5.54 Å². The Morgan fingerprint density at radius 2 is 1.69 bits per heavy atom. The van der Waals surface area contributed by atoms with Gasteiger partial charge in [0.15, 0.2) is 9.84 Å². The monoisotopic (exact) mass is 614 g/mol. The van der Waals surface area contributed by atoms with Crippen LogP contribution in [0.1, 0.15) is 109 Å². The van der Waals surface area contributed by atoms with Gasteiger partial charge < -0.3 is 9.84 Å². The lowest BCUT2D eigenvalue weighted by atomic mass is 9.95. The second-order valence-electron chi connectivity index (χ2n) is 11.9. The third-order valence-electron chi connectivity index (χ3n) is 8.59. The van der Waals surface area contributed by atoms with E-state index in [0.717, 1.165) is 56.8 Å². The van der Waals surface area contributed by atoms with Crippen LogP contribution in [-0.2, 0) is 25.5 Å². The molecule has 0 spiro atoms. The highest BCUT2D eigenvalue weighted by Crippen LogP contribution is 2.42. The van der Waals surface area contributed by atoms with Gasteiger partial charge in [0.2, 0.25) is 0 Å². The second-order valence-corrected chi connectivity index (χ2v) is 14.1. The Labute approximate surface area is 248 Å². The molecule has 0 amide bonds. The van der Waals surface area contributed by atoms with E-state index in [2.05, 4.69) is 18.3 Å². The number of unbranched alkanes of at least 4 members (excludes halogenated alkanes) is 7. The molecule has 42 heavy (non-hydrogen) atoms. The molecule has 0 bridgehead atoms. The maximum absolute atomic E-state index is 13.2. The number of halogens is 3. The van der Waals surface area contributed by atoms with Crippen LogP contribution < -0.4 is 5.32 Å². The number of nitrogens with zero attached hydrogens (tertiary/aromatic N) is 1. The molecule has 3 fully saturated rings. The van der Waals surface area contributed by atoms with Gasteiger partial charge in [0, 0.05) is 0 Å². The molecule has 2 N–H and O–H groups in total. The van der Waals surface area contributed by atoms with Gasteiger partial charge in [-0.2, -0.15) is 18.4 Å². The van der Waals surface area contributed by atoms with Crippen LogP contribution in [0.25, 0.3) is 0 Å². The molecular weight excluding hydrogens is 569 g/mol. The van der Waals surface area contributed by atoms with Crippen molar-refractivity contribution in [2.45, 2.75) is 137 Å². The Balaban J connectivity index is 0.000000260. The molecule has 3 atom stereocenters. The molecule has 0 aromatic heterocycles. The van der Waals surface area contributed by atoms with Crippen molar-refractivity contribution in [3.8, 4) is 6.07 Å². The Morgan fingerprint density at radius 3 is 2.21 bits per heavy atom. The minimum Gasteiger partial charge on any atom is -0.481 e. The quantitative estimate of drug-likeness (QED) is 0.203. The van der Waals surface area contributed by atoms with Gasteiger partial charge in [-0.3, -0.25) is 10.1 Å². The number of carbonyl (C=O) groups is 1. The number of rotatable bonds is 15. The molecule has 0 aliphatic heterocycles. The first-order valence-corrected chi connectivity index (χ1v) is 16.9. The maximum atomic E-state index is 13.2. The fourth-order valence-electron chi connectivity index (χ4n) is 5.54. The molecule has 1 aromatic rings. The first-order chi connectivity index (χ1) is 19.9. The Hall–Kier alpha value is -2.16. The fraction of sp³-hybridized carbons (Fsp3) is 0.742. The van der Waals surface area contributed by atoms with Gasteiger partial charge in [-0.1, -0.05) is 64.0 Å². The molecule has 3 aliphatic rings. The number of benzene rings is 1. The van der Waals surface area contributed by atoms with Crippen molar-refractivity contribution in [3.05, 3.63) is 29.8 Å². The van der Waals surface area contributed by atoms with Crippen molar-refractivity contribution in [1.29, 1.82) is 5.26 Å². The number of nitrogens with one attached hydrogen (secondary N) is 1. The fourth-order valence-corrected chi connectivity index (χ4v) is 7.56. The van der Waals surface area contributed by atoms with Crippen LogP contribution >= 0.6 is 0 Å². The van der Waals surface area contributed by atoms with Crippen molar-refractivity contribution in [3.63, 3.8) is 0 Å². The SMILES string of the molecule is CCCCCCCCCCNC1(C#N)CC1.O=C(O)[C@@H]1C[C@@H](S(=O)(=O)c2ccccc2C(F)(F)F)C[C@H]1OC1CCC1. The normalized spacial score (nSPS) is 23.4. The summed E-state index contributed by atoms with van der Waals surface area (Å²) < 4.78 is 71.0. The summed E-state index contributed by atoms with van der Waals surface area (Å²) in [6.07, 6.45) is 9.46. The van der Waals surface area contributed by atoms with E-state index in [-0.39, 0.29) is 24.5 Å². The van der Waals surface area contributed by atoms with Crippen LogP contribution in [0, 0.1) is 17.2 Å². The highest BCUT2D eigenvalue weighted by Gasteiger charge is 2.48. The van der Waals surface area contributed by atoms with Gasteiger partial charge >= 0.3 is 12.1 Å². The van der Waals surface area contributed by atoms with E-state index in [1.807, 2.05) is 0 Å². The summed E-state index contributed by atoms with van der Waals surface area (Å²) in [5.74, 6) is -2.22. The molecule has 3 aliphatic carbocycles. The molecule has 4 rings (SSSR count). The molecule has 7 nitrogen and oxygen atoms in total. The lowest BCUT2D eigenvalue weighted by Crippen LogP contribution is -2.33.